The molecule has 1 amide bonds. The largest absolute Gasteiger partial charge is 0.496 e. The van der Waals surface area contributed by atoms with Crippen molar-refractivity contribution in [1.29, 1.82) is 0 Å². The summed E-state index contributed by atoms with van der Waals surface area (Å²) in [5, 5.41) is 8.20. The van der Waals surface area contributed by atoms with Crippen molar-refractivity contribution in [2.75, 3.05) is 34.0 Å². The molecule has 0 unspecified atom stereocenters. The van der Waals surface area contributed by atoms with E-state index in [1.54, 1.807) is 18.2 Å². The lowest BCUT2D eigenvalue weighted by molar-refractivity contribution is -0.137. The molecule has 0 atom stereocenters. The highest BCUT2D eigenvalue weighted by molar-refractivity contribution is 7.92. The number of sulfonamides is 1. The number of nitrogens with zero attached hydrogens (tertiary/aromatic N) is 2. The minimum Gasteiger partial charge on any atom is -0.496 e. The van der Waals surface area contributed by atoms with Crippen LogP contribution in [0, 0.1) is 0 Å². The van der Waals surface area contributed by atoms with Gasteiger partial charge in [0.05, 0.1) is 31.2 Å². The highest BCUT2D eigenvalue weighted by Crippen LogP contribution is 2.36. The maximum atomic E-state index is 13.7. The summed E-state index contributed by atoms with van der Waals surface area (Å²) < 4.78 is 71.6. The standard InChI is InChI=1S/C22H21F3N6O4S/c1-35-17-7-6-14(31-36(2,33)34)8-13(17)10-26-20-15(22(23,24)25)11-27-21(30-20)28-16-5-3-4-12-9-18(32)29-19(12)16/h3-8,11,31H,9-10H2,1-2H3,(H,29,32)(H2,26,27,28,30). The first-order valence-electron chi connectivity index (χ1n) is 10.4. The molecule has 4 rings (SSSR count). The second-order valence-corrected chi connectivity index (χ2v) is 9.65. The van der Waals surface area contributed by atoms with Gasteiger partial charge in [0, 0.05) is 24.0 Å². The molecule has 1 aliphatic heterocycles. The summed E-state index contributed by atoms with van der Waals surface area (Å²) >= 11 is 0. The monoisotopic (exact) mass is 522 g/mol. The lowest BCUT2D eigenvalue weighted by atomic mass is 10.1. The van der Waals surface area contributed by atoms with Crippen LogP contribution < -0.4 is 25.4 Å². The summed E-state index contributed by atoms with van der Waals surface area (Å²) in [4.78, 5) is 19.5. The highest BCUT2D eigenvalue weighted by Gasteiger charge is 2.35. The second-order valence-electron chi connectivity index (χ2n) is 7.90. The molecule has 2 heterocycles. The zero-order chi connectivity index (χ0) is 26.1. The first kappa shape index (κ1) is 25.0. The van der Waals surface area contributed by atoms with E-state index in [-0.39, 0.29) is 30.5 Å². The van der Waals surface area contributed by atoms with Gasteiger partial charge in [0.1, 0.15) is 17.1 Å². The average Bonchev–Trinajstić information content (AvgIpc) is 3.17. The van der Waals surface area contributed by atoms with E-state index in [0.717, 1.165) is 11.8 Å². The summed E-state index contributed by atoms with van der Waals surface area (Å²) in [7, 11) is -2.18. The Kier molecular flexibility index (Phi) is 6.63. The zero-order valence-corrected chi connectivity index (χ0v) is 19.8. The van der Waals surface area contributed by atoms with E-state index >= 15 is 0 Å². The fourth-order valence-corrected chi connectivity index (χ4v) is 4.19. The predicted molar refractivity (Wildman–Crippen MR) is 128 cm³/mol. The van der Waals surface area contributed by atoms with Gasteiger partial charge in [0.2, 0.25) is 21.9 Å². The Labute approximate surface area is 204 Å². The van der Waals surface area contributed by atoms with E-state index in [1.165, 1.54) is 25.3 Å². The van der Waals surface area contributed by atoms with Gasteiger partial charge in [-0.25, -0.2) is 13.4 Å². The van der Waals surface area contributed by atoms with E-state index in [0.29, 0.717) is 28.9 Å². The number of hydrogen-bond acceptors (Lipinski definition) is 8. The number of alkyl halides is 3. The van der Waals surface area contributed by atoms with E-state index in [1.807, 2.05) is 0 Å². The molecule has 0 fully saturated rings. The maximum Gasteiger partial charge on any atom is 0.421 e. The lowest BCUT2D eigenvalue weighted by Gasteiger charge is -2.17. The van der Waals surface area contributed by atoms with E-state index in [4.69, 9.17) is 4.74 Å². The van der Waals surface area contributed by atoms with Crippen molar-refractivity contribution in [3.8, 4) is 5.75 Å². The third-order valence-electron chi connectivity index (χ3n) is 5.14. The molecule has 0 saturated heterocycles. The van der Waals surface area contributed by atoms with Gasteiger partial charge in [0.25, 0.3) is 0 Å². The van der Waals surface area contributed by atoms with Crippen LogP contribution in [-0.4, -0.2) is 37.7 Å². The molecule has 0 bridgehead atoms. The van der Waals surface area contributed by atoms with Crippen LogP contribution in [0.5, 0.6) is 5.75 Å². The fraction of sp³-hybridized carbons (Fsp3) is 0.227. The number of halogens is 3. The number of carbonyl (C=O) groups is 1. The van der Waals surface area contributed by atoms with Crippen molar-refractivity contribution in [1.82, 2.24) is 9.97 Å². The van der Waals surface area contributed by atoms with E-state index in [2.05, 4.69) is 30.6 Å². The summed E-state index contributed by atoms with van der Waals surface area (Å²) in [6.45, 7) is -0.168. The molecule has 0 radical (unpaired) electrons. The summed E-state index contributed by atoms with van der Waals surface area (Å²) in [6.07, 6.45) is -2.92. The van der Waals surface area contributed by atoms with Crippen LogP contribution in [-0.2, 0) is 34.0 Å². The quantitative estimate of drug-likeness (QED) is 0.352. The molecule has 0 spiro atoms. The van der Waals surface area contributed by atoms with Gasteiger partial charge in [-0.15, -0.1) is 0 Å². The first-order chi connectivity index (χ1) is 16.9. The van der Waals surface area contributed by atoms with Gasteiger partial charge in [0.15, 0.2) is 0 Å². The van der Waals surface area contributed by atoms with Crippen LogP contribution in [0.3, 0.4) is 0 Å². The van der Waals surface area contributed by atoms with Crippen LogP contribution in [0.1, 0.15) is 16.7 Å². The van der Waals surface area contributed by atoms with Gasteiger partial charge in [-0.2, -0.15) is 18.2 Å². The molecule has 14 heteroatoms. The van der Waals surface area contributed by atoms with Crippen LogP contribution in [0.2, 0.25) is 0 Å². The van der Waals surface area contributed by atoms with Crippen molar-refractivity contribution in [2.24, 2.45) is 0 Å². The Bertz CT molecular complexity index is 1430. The van der Waals surface area contributed by atoms with Crippen LogP contribution >= 0.6 is 0 Å². The molecule has 2 aromatic carbocycles. The number of anilines is 5. The Morgan fingerprint density at radius 3 is 2.67 bits per heavy atom. The molecule has 1 aliphatic rings. The molecular weight excluding hydrogens is 501 g/mol. The van der Waals surface area contributed by atoms with Gasteiger partial charge in [-0.1, -0.05) is 12.1 Å². The van der Waals surface area contributed by atoms with Gasteiger partial charge in [-0.3, -0.25) is 9.52 Å². The van der Waals surface area contributed by atoms with Crippen molar-refractivity contribution < 1.29 is 31.1 Å². The van der Waals surface area contributed by atoms with Crippen molar-refractivity contribution >= 4 is 44.8 Å². The van der Waals surface area contributed by atoms with Crippen molar-refractivity contribution in [3.63, 3.8) is 0 Å². The number of benzene rings is 2. The normalized spacial score (nSPS) is 13.1. The number of fused-ring (bicyclic) bond motifs is 1. The third-order valence-corrected chi connectivity index (χ3v) is 5.74. The van der Waals surface area contributed by atoms with Crippen molar-refractivity contribution in [2.45, 2.75) is 19.1 Å². The van der Waals surface area contributed by atoms with Gasteiger partial charge < -0.3 is 20.7 Å². The smallest absolute Gasteiger partial charge is 0.421 e. The minimum absolute atomic E-state index is 0.125. The SMILES string of the molecule is COc1ccc(NS(C)(=O)=O)cc1CNc1nc(Nc2cccc3c2NC(=O)C3)ncc1C(F)(F)F. The van der Waals surface area contributed by atoms with E-state index in [9.17, 15) is 26.4 Å². The number of rotatable bonds is 8. The Balaban J connectivity index is 1.63. The number of aromatic nitrogens is 2. The number of para-hydroxylation sites is 1. The number of methoxy groups -OCH3 is 1. The molecule has 3 aromatic rings. The summed E-state index contributed by atoms with van der Waals surface area (Å²) in [5.41, 5.74) is 1.20. The Morgan fingerprint density at radius 1 is 1.19 bits per heavy atom. The number of nitrogens with one attached hydrogen (secondary N) is 4. The molecule has 0 saturated carbocycles. The van der Waals surface area contributed by atoms with Gasteiger partial charge in [-0.05, 0) is 29.8 Å². The molecule has 190 valence electrons. The number of hydrogen-bond donors (Lipinski definition) is 4. The second kappa shape index (κ2) is 9.53. The van der Waals surface area contributed by atoms with Crippen molar-refractivity contribution in [3.05, 3.63) is 59.3 Å². The average molecular weight is 523 g/mol. The van der Waals surface area contributed by atoms with Crippen LogP contribution in [0.4, 0.5) is 42.0 Å². The predicted octanol–water partition coefficient (Wildman–Crippen LogP) is 3.73. The van der Waals surface area contributed by atoms with E-state index < -0.39 is 27.6 Å². The Hall–Kier alpha value is -4.07. The highest BCUT2D eigenvalue weighted by atomic mass is 32.2. The molecule has 4 N–H and O–H groups in total. The zero-order valence-electron chi connectivity index (χ0n) is 19.0. The molecular formula is C22H21F3N6O4S. The number of carbonyl (C=O) groups excluding carboxylic acids is 1. The minimum atomic E-state index is -4.74. The molecule has 1 aromatic heterocycles. The maximum absolute atomic E-state index is 13.7. The lowest BCUT2D eigenvalue weighted by Crippen LogP contribution is -2.15. The van der Waals surface area contributed by atoms with Crippen LogP contribution in [0.15, 0.2) is 42.6 Å². The molecule has 10 nitrogen and oxygen atoms in total. The molecule has 0 aliphatic carbocycles. The Morgan fingerprint density at radius 2 is 1.97 bits per heavy atom. The first-order valence-corrected chi connectivity index (χ1v) is 12.3. The van der Waals surface area contributed by atoms with Gasteiger partial charge >= 0.3 is 6.18 Å². The van der Waals surface area contributed by atoms with Crippen LogP contribution in [0.25, 0.3) is 0 Å². The molecule has 36 heavy (non-hydrogen) atoms. The third kappa shape index (κ3) is 5.76. The summed E-state index contributed by atoms with van der Waals surface area (Å²) in [6, 6.07) is 9.51. The number of ether oxygens (including phenoxy) is 1. The topological polar surface area (TPSA) is 134 Å². The fourth-order valence-electron chi connectivity index (χ4n) is 3.63. The number of amides is 1. The summed E-state index contributed by atoms with van der Waals surface area (Å²) in [5.74, 6) is -0.491.